The Morgan fingerprint density at radius 3 is 3.20 bits per heavy atom. The molecule has 0 spiro atoms. The lowest BCUT2D eigenvalue weighted by atomic mass is 9.99. The van der Waals surface area contributed by atoms with Gasteiger partial charge in [0.05, 0.1) is 24.1 Å². The first kappa shape index (κ1) is 10.4. The number of nitrogens with zero attached hydrogens (tertiary/aromatic N) is 1. The molecule has 0 bridgehead atoms. The Bertz CT molecular complexity index is 330. The van der Waals surface area contributed by atoms with Crippen LogP contribution in [-0.2, 0) is 4.74 Å². The van der Waals surface area contributed by atoms with E-state index >= 15 is 0 Å². The lowest BCUT2D eigenvalue weighted by Crippen LogP contribution is -2.23. The highest BCUT2D eigenvalue weighted by Gasteiger charge is 2.23. The van der Waals surface area contributed by atoms with Crippen molar-refractivity contribution in [3.63, 3.8) is 0 Å². The van der Waals surface area contributed by atoms with Gasteiger partial charge in [0.2, 0.25) is 0 Å². The Kier molecular flexibility index (Phi) is 3.18. The summed E-state index contributed by atoms with van der Waals surface area (Å²) in [6.45, 7) is 0.622. The zero-order valence-corrected chi connectivity index (χ0v) is 8.81. The van der Waals surface area contributed by atoms with Crippen LogP contribution in [0.15, 0.2) is 18.5 Å². The molecule has 1 fully saturated rings. The third-order valence-electron chi connectivity index (χ3n) is 2.73. The average Bonchev–Trinajstić information content (AvgIpc) is 2.29. The number of pyridine rings is 1. The number of aromatic nitrogens is 1. The molecule has 1 aliphatic rings. The Labute approximate surface area is 89.3 Å². The van der Waals surface area contributed by atoms with Crippen molar-refractivity contribution in [3.05, 3.63) is 24.0 Å². The normalized spacial score (nSPS) is 26.3. The van der Waals surface area contributed by atoms with Crippen molar-refractivity contribution in [1.82, 2.24) is 4.98 Å². The highest BCUT2D eigenvalue weighted by atomic mass is 16.5. The van der Waals surface area contributed by atoms with Crippen molar-refractivity contribution in [1.29, 1.82) is 0 Å². The lowest BCUT2D eigenvalue weighted by Gasteiger charge is -2.27. The Morgan fingerprint density at radius 1 is 1.60 bits per heavy atom. The number of aliphatic hydroxyl groups is 1. The van der Waals surface area contributed by atoms with E-state index in [0.717, 1.165) is 17.7 Å². The van der Waals surface area contributed by atoms with Crippen LogP contribution in [0.2, 0.25) is 0 Å². The summed E-state index contributed by atoms with van der Waals surface area (Å²) in [6, 6.07) is 1.94. The van der Waals surface area contributed by atoms with Crippen molar-refractivity contribution in [2.75, 3.05) is 19.0 Å². The maximum atomic E-state index is 9.59. The molecule has 0 radical (unpaired) electrons. The van der Waals surface area contributed by atoms with Gasteiger partial charge in [-0.05, 0) is 12.5 Å². The van der Waals surface area contributed by atoms with E-state index in [1.165, 1.54) is 0 Å². The molecule has 4 nitrogen and oxygen atoms in total. The SMILES string of the molecule is CNc1cnccc1C1CC(O)CCO1. The number of ether oxygens (including phenoxy) is 1. The molecule has 2 heterocycles. The second-order valence-corrected chi connectivity index (χ2v) is 3.75. The van der Waals surface area contributed by atoms with Gasteiger partial charge in [0.25, 0.3) is 0 Å². The molecule has 0 saturated carbocycles. The van der Waals surface area contributed by atoms with E-state index in [2.05, 4.69) is 10.3 Å². The number of hydrogen-bond donors (Lipinski definition) is 2. The minimum atomic E-state index is -0.248. The van der Waals surface area contributed by atoms with E-state index in [9.17, 15) is 5.11 Å². The van der Waals surface area contributed by atoms with Gasteiger partial charge in [-0.25, -0.2) is 0 Å². The zero-order chi connectivity index (χ0) is 10.7. The summed E-state index contributed by atoms with van der Waals surface area (Å²) in [6.07, 6.45) is 4.66. The fourth-order valence-electron chi connectivity index (χ4n) is 1.89. The average molecular weight is 208 g/mol. The molecule has 2 atom stereocenters. The first-order valence-corrected chi connectivity index (χ1v) is 5.22. The molecule has 1 saturated heterocycles. The molecule has 1 aromatic heterocycles. The van der Waals surface area contributed by atoms with Gasteiger partial charge in [-0.15, -0.1) is 0 Å². The molecule has 2 N–H and O–H groups in total. The van der Waals surface area contributed by atoms with Gasteiger partial charge in [-0.2, -0.15) is 0 Å². The van der Waals surface area contributed by atoms with Gasteiger partial charge in [-0.3, -0.25) is 4.98 Å². The lowest BCUT2D eigenvalue weighted by molar-refractivity contribution is -0.0445. The van der Waals surface area contributed by atoms with Crippen molar-refractivity contribution >= 4 is 5.69 Å². The predicted molar refractivity (Wildman–Crippen MR) is 57.7 cm³/mol. The summed E-state index contributed by atoms with van der Waals surface area (Å²) < 4.78 is 5.65. The molecular weight excluding hydrogens is 192 g/mol. The summed E-state index contributed by atoms with van der Waals surface area (Å²) in [5.41, 5.74) is 2.04. The van der Waals surface area contributed by atoms with Crippen LogP contribution < -0.4 is 5.32 Å². The molecule has 4 heteroatoms. The van der Waals surface area contributed by atoms with Crippen LogP contribution in [0.1, 0.15) is 24.5 Å². The predicted octanol–water partition coefficient (Wildman–Crippen LogP) is 1.34. The quantitative estimate of drug-likeness (QED) is 0.770. The maximum Gasteiger partial charge on any atom is 0.0870 e. The van der Waals surface area contributed by atoms with Crippen molar-refractivity contribution in [2.24, 2.45) is 0 Å². The van der Waals surface area contributed by atoms with E-state index in [1.54, 1.807) is 12.4 Å². The van der Waals surface area contributed by atoms with Gasteiger partial charge in [-0.1, -0.05) is 0 Å². The van der Waals surface area contributed by atoms with Gasteiger partial charge in [0, 0.05) is 31.8 Å². The fraction of sp³-hybridized carbons (Fsp3) is 0.545. The topological polar surface area (TPSA) is 54.4 Å². The van der Waals surface area contributed by atoms with Crippen LogP contribution in [0.3, 0.4) is 0 Å². The number of nitrogens with one attached hydrogen (secondary N) is 1. The Balaban J connectivity index is 2.20. The van der Waals surface area contributed by atoms with Gasteiger partial charge in [0.15, 0.2) is 0 Å². The second kappa shape index (κ2) is 4.59. The largest absolute Gasteiger partial charge is 0.393 e. The van der Waals surface area contributed by atoms with Gasteiger partial charge < -0.3 is 15.2 Å². The van der Waals surface area contributed by atoms with Crippen LogP contribution in [0, 0.1) is 0 Å². The van der Waals surface area contributed by atoms with Gasteiger partial charge >= 0.3 is 0 Å². The Morgan fingerprint density at radius 2 is 2.47 bits per heavy atom. The monoisotopic (exact) mass is 208 g/mol. The molecular formula is C11H16N2O2. The van der Waals surface area contributed by atoms with Crippen molar-refractivity contribution in [2.45, 2.75) is 25.0 Å². The summed E-state index contributed by atoms with van der Waals surface area (Å²) in [7, 11) is 1.86. The molecule has 1 aromatic rings. The first-order chi connectivity index (χ1) is 7.31. The number of anilines is 1. The number of rotatable bonds is 2. The molecule has 2 rings (SSSR count). The van der Waals surface area contributed by atoms with Crippen LogP contribution in [-0.4, -0.2) is 29.8 Å². The third kappa shape index (κ3) is 2.27. The molecule has 0 amide bonds. The molecule has 82 valence electrons. The molecule has 1 aliphatic heterocycles. The summed E-state index contributed by atoms with van der Waals surface area (Å²) >= 11 is 0. The fourth-order valence-corrected chi connectivity index (χ4v) is 1.89. The minimum absolute atomic E-state index is 0.0146. The maximum absolute atomic E-state index is 9.59. The smallest absolute Gasteiger partial charge is 0.0870 e. The highest BCUT2D eigenvalue weighted by Crippen LogP contribution is 2.31. The molecule has 15 heavy (non-hydrogen) atoms. The van der Waals surface area contributed by atoms with E-state index in [0.29, 0.717) is 13.0 Å². The second-order valence-electron chi connectivity index (χ2n) is 3.75. The minimum Gasteiger partial charge on any atom is -0.393 e. The van der Waals surface area contributed by atoms with E-state index in [-0.39, 0.29) is 12.2 Å². The summed E-state index contributed by atoms with van der Waals surface area (Å²) in [5.74, 6) is 0. The first-order valence-electron chi connectivity index (χ1n) is 5.22. The Hall–Kier alpha value is -1.13. The highest BCUT2D eigenvalue weighted by molar-refractivity contribution is 5.49. The number of hydrogen-bond acceptors (Lipinski definition) is 4. The van der Waals surface area contributed by atoms with E-state index < -0.39 is 0 Å². The third-order valence-corrected chi connectivity index (χ3v) is 2.73. The van der Waals surface area contributed by atoms with E-state index in [4.69, 9.17) is 4.74 Å². The van der Waals surface area contributed by atoms with Crippen molar-refractivity contribution in [3.8, 4) is 0 Å². The standard InChI is InChI=1S/C11H16N2O2/c1-12-10-7-13-4-2-9(10)11-6-8(14)3-5-15-11/h2,4,7-8,11-12,14H,3,5-6H2,1H3. The zero-order valence-electron chi connectivity index (χ0n) is 8.81. The van der Waals surface area contributed by atoms with Crippen LogP contribution in [0.5, 0.6) is 0 Å². The number of aliphatic hydroxyl groups excluding tert-OH is 1. The summed E-state index contributed by atoms with van der Waals surface area (Å²) in [4.78, 5) is 4.05. The van der Waals surface area contributed by atoms with Gasteiger partial charge in [0.1, 0.15) is 0 Å². The van der Waals surface area contributed by atoms with Crippen LogP contribution >= 0.6 is 0 Å². The van der Waals surface area contributed by atoms with Crippen LogP contribution in [0.25, 0.3) is 0 Å². The molecule has 0 aliphatic carbocycles. The van der Waals surface area contributed by atoms with Crippen molar-refractivity contribution < 1.29 is 9.84 Å². The van der Waals surface area contributed by atoms with Crippen LogP contribution in [0.4, 0.5) is 5.69 Å². The van der Waals surface area contributed by atoms with E-state index in [1.807, 2.05) is 13.1 Å². The molecule has 0 aromatic carbocycles. The molecule has 2 unspecified atom stereocenters. The summed E-state index contributed by atoms with van der Waals surface area (Å²) in [5, 5.41) is 12.7.